The number of ether oxygens (including phenoxy) is 1. The van der Waals surface area contributed by atoms with Crippen LogP contribution in [0.1, 0.15) is 19.3 Å². The van der Waals surface area contributed by atoms with Gasteiger partial charge in [0.2, 0.25) is 0 Å². The third-order valence-corrected chi connectivity index (χ3v) is 2.50. The lowest BCUT2D eigenvalue weighted by Crippen LogP contribution is -2.48. The predicted molar refractivity (Wildman–Crippen MR) is 55.6 cm³/mol. The number of halogens is 3. The summed E-state index contributed by atoms with van der Waals surface area (Å²) in [6.45, 7) is -1.79. The Morgan fingerprint density at radius 2 is 2.16 bits per heavy atom. The van der Waals surface area contributed by atoms with Crippen molar-refractivity contribution in [1.29, 1.82) is 0 Å². The van der Waals surface area contributed by atoms with Crippen LogP contribution in [0.15, 0.2) is 0 Å². The van der Waals surface area contributed by atoms with E-state index in [0.717, 1.165) is 0 Å². The van der Waals surface area contributed by atoms with Crippen LogP contribution in [0.2, 0.25) is 0 Å². The predicted octanol–water partition coefficient (Wildman–Crippen LogP) is 0.723. The lowest BCUT2D eigenvalue weighted by molar-refractivity contribution is -0.164. The summed E-state index contributed by atoms with van der Waals surface area (Å²) < 4.78 is 39.8. The topological polar surface area (TPSA) is 75.7 Å². The van der Waals surface area contributed by atoms with E-state index in [1.165, 1.54) is 6.41 Å². The third-order valence-electron chi connectivity index (χ3n) is 2.50. The Hall–Kier alpha value is -1.80. The largest absolute Gasteiger partial charge is 0.439 e. The second-order valence-corrected chi connectivity index (χ2v) is 3.95. The second-order valence-electron chi connectivity index (χ2n) is 3.95. The molecule has 1 aliphatic rings. The van der Waals surface area contributed by atoms with Gasteiger partial charge in [-0.05, 0) is 19.3 Å². The van der Waals surface area contributed by atoms with Gasteiger partial charge in [-0.2, -0.15) is 13.2 Å². The maximum absolute atomic E-state index is 11.9. The molecule has 1 heterocycles. The van der Waals surface area contributed by atoms with Crippen LogP contribution in [-0.4, -0.2) is 48.7 Å². The molecule has 1 radical (unpaired) electrons. The first-order valence-electron chi connectivity index (χ1n) is 5.52. The number of likely N-dealkylation sites (tertiary alicyclic amines) is 1. The lowest BCUT2D eigenvalue weighted by Gasteiger charge is -2.21. The maximum Gasteiger partial charge on any atom is 0.422 e. The van der Waals surface area contributed by atoms with Gasteiger partial charge >= 0.3 is 18.7 Å². The zero-order valence-corrected chi connectivity index (χ0v) is 9.83. The standard InChI is InChI=1S/C10H12F3N2O4/c11-10(12,13)5-19-9(18)15-4-2-1-3-7(8(15)17)14-6-16/h7H,1-5H2,(H,14,16)/t7-/m0/s1. The van der Waals surface area contributed by atoms with Crippen LogP contribution in [0.5, 0.6) is 0 Å². The molecule has 1 rings (SSSR count). The van der Waals surface area contributed by atoms with Gasteiger partial charge in [-0.15, -0.1) is 0 Å². The van der Waals surface area contributed by atoms with Crippen molar-refractivity contribution < 1.29 is 32.3 Å². The molecule has 9 heteroatoms. The van der Waals surface area contributed by atoms with Crippen molar-refractivity contribution in [2.24, 2.45) is 0 Å². The van der Waals surface area contributed by atoms with Gasteiger partial charge in [0.25, 0.3) is 5.91 Å². The number of carbonyl (C=O) groups excluding carboxylic acids is 3. The highest BCUT2D eigenvalue weighted by Gasteiger charge is 2.35. The molecule has 0 aromatic rings. The first-order chi connectivity index (χ1) is 8.85. The molecule has 0 unspecified atom stereocenters. The molecule has 107 valence electrons. The monoisotopic (exact) mass is 281 g/mol. The minimum absolute atomic E-state index is 0.0352. The fourth-order valence-electron chi connectivity index (χ4n) is 1.65. The zero-order valence-electron chi connectivity index (χ0n) is 9.83. The SMILES string of the molecule is O=[C]N[C@H]1CCCCN(C(=O)OCC(F)(F)F)C1=O. The number of nitrogens with one attached hydrogen (secondary N) is 1. The van der Waals surface area contributed by atoms with E-state index in [0.29, 0.717) is 24.2 Å². The van der Waals surface area contributed by atoms with E-state index < -0.39 is 30.8 Å². The average molecular weight is 281 g/mol. The Morgan fingerprint density at radius 1 is 1.47 bits per heavy atom. The maximum atomic E-state index is 11.9. The van der Waals surface area contributed by atoms with Gasteiger partial charge in [0, 0.05) is 6.54 Å². The third kappa shape index (κ3) is 4.76. The molecule has 1 N–H and O–H groups in total. The van der Waals surface area contributed by atoms with Crippen LogP contribution in [-0.2, 0) is 14.3 Å². The smallest absolute Gasteiger partial charge is 0.422 e. The van der Waals surface area contributed by atoms with Crippen molar-refractivity contribution in [2.75, 3.05) is 13.2 Å². The van der Waals surface area contributed by atoms with Crippen molar-refractivity contribution in [3.63, 3.8) is 0 Å². The fourth-order valence-corrected chi connectivity index (χ4v) is 1.65. The summed E-state index contributed by atoms with van der Waals surface area (Å²) >= 11 is 0. The van der Waals surface area contributed by atoms with Crippen LogP contribution in [0.3, 0.4) is 0 Å². The van der Waals surface area contributed by atoms with Crippen LogP contribution >= 0.6 is 0 Å². The summed E-state index contributed by atoms with van der Waals surface area (Å²) in [4.78, 5) is 34.0. The summed E-state index contributed by atoms with van der Waals surface area (Å²) in [6.07, 6.45) is -3.39. The first kappa shape index (κ1) is 15.3. The minimum Gasteiger partial charge on any atom is -0.439 e. The highest BCUT2D eigenvalue weighted by atomic mass is 19.4. The molecule has 0 aromatic heterocycles. The van der Waals surface area contributed by atoms with Crippen molar-refractivity contribution in [1.82, 2.24) is 10.2 Å². The average Bonchev–Trinajstić information content (AvgIpc) is 2.49. The first-order valence-corrected chi connectivity index (χ1v) is 5.52. The Balaban J connectivity index is 2.65. The molecule has 19 heavy (non-hydrogen) atoms. The minimum atomic E-state index is -4.65. The molecule has 0 aliphatic carbocycles. The number of alkyl halides is 3. The van der Waals surface area contributed by atoms with Crippen LogP contribution in [0.25, 0.3) is 0 Å². The highest BCUT2D eigenvalue weighted by molar-refractivity contribution is 5.96. The Morgan fingerprint density at radius 3 is 2.74 bits per heavy atom. The van der Waals surface area contributed by atoms with Crippen molar-refractivity contribution in [2.45, 2.75) is 31.5 Å². The highest BCUT2D eigenvalue weighted by Crippen LogP contribution is 2.17. The molecule has 6 nitrogen and oxygen atoms in total. The Labute approximate surface area is 106 Å². The van der Waals surface area contributed by atoms with Crippen molar-refractivity contribution in [3.05, 3.63) is 0 Å². The summed E-state index contributed by atoms with van der Waals surface area (Å²) in [6, 6.07) is -0.960. The summed E-state index contributed by atoms with van der Waals surface area (Å²) in [5.74, 6) is -0.784. The van der Waals surface area contributed by atoms with Gasteiger partial charge in [0.05, 0.1) is 0 Å². The molecule has 0 aromatic carbocycles. The molecule has 0 bridgehead atoms. The van der Waals surface area contributed by atoms with Crippen LogP contribution in [0, 0.1) is 0 Å². The molecule has 0 saturated carbocycles. The molecule has 1 saturated heterocycles. The number of amides is 3. The van der Waals surface area contributed by atoms with Gasteiger partial charge in [0.1, 0.15) is 6.04 Å². The molecule has 3 amide bonds. The van der Waals surface area contributed by atoms with E-state index in [1.54, 1.807) is 0 Å². The Bertz CT molecular complexity index is 359. The van der Waals surface area contributed by atoms with Crippen LogP contribution in [0.4, 0.5) is 18.0 Å². The number of rotatable bonds is 3. The van der Waals surface area contributed by atoms with E-state index >= 15 is 0 Å². The van der Waals surface area contributed by atoms with E-state index in [-0.39, 0.29) is 6.54 Å². The molecule has 1 aliphatic heterocycles. The molecule has 1 atom stereocenters. The van der Waals surface area contributed by atoms with Crippen molar-refractivity contribution >= 4 is 18.4 Å². The molecule has 0 spiro atoms. The number of carbonyl (C=O) groups is 2. The quantitative estimate of drug-likeness (QED) is 0.773. The van der Waals surface area contributed by atoms with Gasteiger partial charge < -0.3 is 10.1 Å². The van der Waals surface area contributed by atoms with Gasteiger partial charge in [-0.25, -0.2) is 9.69 Å². The Kier molecular flexibility index (Phi) is 5.13. The van der Waals surface area contributed by atoms with E-state index in [9.17, 15) is 27.6 Å². The van der Waals surface area contributed by atoms with Gasteiger partial charge in [0.15, 0.2) is 6.61 Å². The number of imide groups is 1. The van der Waals surface area contributed by atoms with E-state index in [1.807, 2.05) is 0 Å². The number of hydrogen-bond acceptors (Lipinski definition) is 4. The van der Waals surface area contributed by atoms with Gasteiger partial charge in [-0.3, -0.25) is 9.59 Å². The number of nitrogens with zero attached hydrogens (tertiary/aromatic N) is 1. The molecular formula is C10H12F3N2O4. The van der Waals surface area contributed by atoms with Gasteiger partial charge in [-0.1, -0.05) is 0 Å². The molecular weight excluding hydrogens is 269 g/mol. The van der Waals surface area contributed by atoms with E-state index in [2.05, 4.69) is 10.1 Å². The summed E-state index contributed by atoms with van der Waals surface area (Å²) in [5, 5.41) is 2.10. The van der Waals surface area contributed by atoms with Crippen molar-refractivity contribution in [3.8, 4) is 0 Å². The summed E-state index contributed by atoms with van der Waals surface area (Å²) in [5.41, 5.74) is 0. The van der Waals surface area contributed by atoms with E-state index in [4.69, 9.17) is 0 Å². The lowest BCUT2D eigenvalue weighted by atomic mass is 10.1. The fraction of sp³-hybridized carbons (Fsp3) is 0.700. The molecule has 1 fully saturated rings. The van der Waals surface area contributed by atoms with Crippen LogP contribution < -0.4 is 5.32 Å². The summed E-state index contributed by atoms with van der Waals surface area (Å²) in [7, 11) is 0. The second kappa shape index (κ2) is 6.39. The number of hydrogen-bond donors (Lipinski definition) is 1. The normalized spacial score (nSPS) is 20.7. The zero-order chi connectivity index (χ0) is 14.5.